The van der Waals surface area contributed by atoms with Gasteiger partial charge in [0.25, 0.3) is 5.24 Å². The fraction of sp³-hybridized carbons (Fsp3) is 0.0625. The normalized spacial score (nSPS) is 10.7. The highest BCUT2D eigenvalue weighted by Gasteiger charge is 2.12. The van der Waals surface area contributed by atoms with E-state index >= 15 is 0 Å². The number of benzene rings is 1. The Morgan fingerprint density at radius 1 is 1.20 bits per heavy atom. The van der Waals surface area contributed by atoms with E-state index in [1.54, 1.807) is 18.5 Å². The third-order valence-electron chi connectivity index (χ3n) is 3.13. The number of carbonyl (C=O) groups excluding carboxylic acids is 1. The number of halogens is 1. The van der Waals surface area contributed by atoms with Crippen LogP contribution in [0.5, 0.6) is 0 Å². The molecule has 3 rings (SSSR count). The van der Waals surface area contributed by atoms with Crippen LogP contribution in [0.4, 0.5) is 0 Å². The summed E-state index contributed by atoms with van der Waals surface area (Å²) in [7, 11) is 0. The Labute approximate surface area is 121 Å². The molecule has 0 spiro atoms. The number of hydrogen-bond donors (Lipinski definition) is 0. The first-order valence-corrected chi connectivity index (χ1v) is 6.54. The molecule has 0 saturated carbocycles. The van der Waals surface area contributed by atoms with Gasteiger partial charge in [-0.15, -0.1) is 0 Å². The molecule has 1 aromatic carbocycles. The number of fused-ring (bicyclic) bond motifs is 1. The van der Waals surface area contributed by atoms with Crippen molar-refractivity contribution in [3.05, 3.63) is 59.9 Å². The average Bonchev–Trinajstić information content (AvgIpc) is 2.47. The van der Waals surface area contributed by atoms with E-state index in [-0.39, 0.29) is 0 Å². The fourth-order valence-corrected chi connectivity index (χ4v) is 2.32. The van der Waals surface area contributed by atoms with Crippen molar-refractivity contribution in [2.75, 3.05) is 0 Å². The molecule has 0 unspecified atom stereocenters. The van der Waals surface area contributed by atoms with E-state index in [1.165, 1.54) is 0 Å². The second kappa shape index (κ2) is 5.02. The van der Waals surface area contributed by atoms with E-state index in [1.807, 2.05) is 37.3 Å². The second-order valence-electron chi connectivity index (χ2n) is 4.59. The van der Waals surface area contributed by atoms with Crippen molar-refractivity contribution in [3.8, 4) is 11.3 Å². The highest BCUT2D eigenvalue weighted by Crippen LogP contribution is 2.26. The quantitative estimate of drug-likeness (QED) is 0.668. The molecular formula is C16H11ClN2O. The van der Waals surface area contributed by atoms with E-state index in [0.29, 0.717) is 11.3 Å². The molecule has 0 saturated heterocycles. The summed E-state index contributed by atoms with van der Waals surface area (Å²) in [5, 5.41) is 0.297. The Balaban J connectivity index is 2.32. The fourth-order valence-electron chi connectivity index (χ4n) is 2.16. The molecule has 0 aliphatic heterocycles. The van der Waals surface area contributed by atoms with E-state index in [4.69, 9.17) is 11.6 Å². The number of hydrogen-bond acceptors (Lipinski definition) is 3. The third-order valence-corrected chi connectivity index (χ3v) is 3.34. The van der Waals surface area contributed by atoms with Crippen LogP contribution < -0.4 is 0 Å². The first-order valence-electron chi connectivity index (χ1n) is 6.17. The SMILES string of the molecule is Cc1ccc2nc(-c3cccnc3)cc(C(=O)Cl)c2c1. The van der Waals surface area contributed by atoms with Gasteiger partial charge >= 0.3 is 0 Å². The maximum absolute atomic E-state index is 11.7. The van der Waals surface area contributed by atoms with Crippen molar-refractivity contribution in [2.24, 2.45) is 0 Å². The first kappa shape index (κ1) is 12.8. The van der Waals surface area contributed by atoms with Gasteiger partial charge in [-0.05, 0) is 48.9 Å². The van der Waals surface area contributed by atoms with Crippen molar-refractivity contribution in [2.45, 2.75) is 6.92 Å². The minimum absolute atomic E-state index is 0.471. The van der Waals surface area contributed by atoms with Crippen molar-refractivity contribution in [1.82, 2.24) is 9.97 Å². The van der Waals surface area contributed by atoms with Crippen LogP contribution in [-0.2, 0) is 0 Å². The minimum Gasteiger partial charge on any atom is -0.276 e. The van der Waals surface area contributed by atoms with Crippen LogP contribution in [0.1, 0.15) is 15.9 Å². The Bertz CT molecular complexity index is 800. The van der Waals surface area contributed by atoms with Crippen LogP contribution in [0.2, 0.25) is 0 Å². The highest BCUT2D eigenvalue weighted by molar-refractivity contribution is 6.68. The molecule has 0 N–H and O–H groups in total. The van der Waals surface area contributed by atoms with E-state index in [0.717, 1.165) is 22.0 Å². The van der Waals surface area contributed by atoms with Gasteiger partial charge in [0.15, 0.2) is 0 Å². The molecule has 0 aliphatic carbocycles. The second-order valence-corrected chi connectivity index (χ2v) is 4.93. The molecule has 20 heavy (non-hydrogen) atoms. The van der Waals surface area contributed by atoms with Gasteiger partial charge in [0.1, 0.15) is 0 Å². The molecule has 3 aromatic rings. The van der Waals surface area contributed by atoms with Crippen LogP contribution in [0.3, 0.4) is 0 Å². The summed E-state index contributed by atoms with van der Waals surface area (Å²) < 4.78 is 0. The molecule has 0 radical (unpaired) electrons. The summed E-state index contributed by atoms with van der Waals surface area (Å²) in [6, 6.07) is 11.2. The van der Waals surface area contributed by atoms with Crippen LogP contribution in [0.25, 0.3) is 22.2 Å². The lowest BCUT2D eigenvalue weighted by Gasteiger charge is -2.07. The predicted molar refractivity (Wildman–Crippen MR) is 79.9 cm³/mol. The van der Waals surface area contributed by atoms with Gasteiger partial charge in [-0.3, -0.25) is 9.78 Å². The van der Waals surface area contributed by atoms with Gasteiger partial charge < -0.3 is 0 Å². The Kier molecular flexibility index (Phi) is 3.20. The minimum atomic E-state index is -0.479. The molecule has 3 nitrogen and oxygen atoms in total. The Hall–Kier alpha value is -2.26. The predicted octanol–water partition coefficient (Wildman–Crippen LogP) is 3.98. The van der Waals surface area contributed by atoms with Crippen LogP contribution in [0.15, 0.2) is 48.8 Å². The van der Waals surface area contributed by atoms with Crippen molar-refractivity contribution < 1.29 is 4.79 Å². The molecule has 0 bridgehead atoms. The van der Waals surface area contributed by atoms with Crippen LogP contribution >= 0.6 is 11.6 Å². The topological polar surface area (TPSA) is 42.9 Å². The monoisotopic (exact) mass is 282 g/mol. The zero-order chi connectivity index (χ0) is 14.1. The van der Waals surface area contributed by atoms with Gasteiger partial charge in [-0.25, -0.2) is 4.98 Å². The molecule has 0 aliphatic rings. The van der Waals surface area contributed by atoms with Crippen molar-refractivity contribution in [3.63, 3.8) is 0 Å². The molecule has 0 amide bonds. The molecular weight excluding hydrogens is 272 g/mol. The third kappa shape index (κ3) is 2.28. The number of aromatic nitrogens is 2. The van der Waals surface area contributed by atoms with Crippen LogP contribution in [0, 0.1) is 6.92 Å². The van der Waals surface area contributed by atoms with E-state index in [2.05, 4.69) is 9.97 Å². The highest BCUT2D eigenvalue weighted by atomic mass is 35.5. The molecule has 98 valence electrons. The molecule has 4 heteroatoms. The summed E-state index contributed by atoms with van der Waals surface area (Å²) in [5.41, 5.74) is 3.83. The number of pyridine rings is 2. The molecule has 2 aromatic heterocycles. The molecule has 0 fully saturated rings. The van der Waals surface area contributed by atoms with Gasteiger partial charge in [-0.2, -0.15) is 0 Å². The Morgan fingerprint density at radius 3 is 2.75 bits per heavy atom. The van der Waals surface area contributed by atoms with Crippen LogP contribution in [-0.4, -0.2) is 15.2 Å². The van der Waals surface area contributed by atoms with Gasteiger partial charge in [0, 0.05) is 28.9 Å². The summed E-state index contributed by atoms with van der Waals surface area (Å²) in [5.74, 6) is 0. The van der Waals surface area contributed by atoms with E-state index < -0.39 is 5.24 Å². The lowest BCUT2D eigenvalue weighted by molar-refractivity contribution is 0.108. The molecule has 2 heterocycles. The molecule has 0 atom stereocenters. The maximum Gasteiger partial charge on any atom is 0.253 e. The summed E-state index contributed by atoms with van der Waals surface area (Å²) in [4.78, 5) is 20.3. The van der Waals surface area contributed by atoms with E-state index in [9.17, 15) is 4.79 Å². The number of aryl methyl sites for hydroxylation is 1. The smallest absolute Gasteiger partial charge is 0.253 e. The summed E-state index contributed by atoms with van der Waals surface area (Å²) in [6.45, 7) is 1.97. The first-order chi connectivity index (χ1) is 9.65. The zero-order valence-corrected chi connectivity index (χ0v) is 11.6. The zero-order valence-electron chi connectivity index (χ0n) is 10.8. The standard InChI is InChI=1S/C16H11ClN2O/c1-10-4-5-14-12(7-10)13(16(17)20)8-15(19-14)11-3-2-6-18-9-11/h2-9H,1H3. The number of carbonyl (C=O) groups is 1. The number of rotatable bonds is 2. The van der Waals surface area contributed by atoms with Gasteiger partial charge in [0.2, 0.25) is 0 Å². The maximum atomic E-state index is 11.7. The lowest BCUT2D eigenvalue weighted by Crippen LogP contribution is -1.96. The number of nitrogens with zero attached hydrogens (tertiary/aromatic N) is 2. The largest absolute Gasteiger partial charge is 0.276 e. The van der Waals surface area contributed by atoms with Crippen molar-refractivity contribution in [1.29, 1.82) is 0 Å². The Morgan fingerprint density at radius 2 is 2.05 bits per heavy atom. The van der Waals surface area contributed by atoms with Crippen molar-refractivity contribution >= 4 is 27.7 Å². The lowest BCUT2D eigenvalue weighted by atomic mass is 10.0. The van der Waals surface area contributed by atoms with Gasteiger partial charge in [0.05, 0.1) is 11.2 Å². The summed E-state index contributed by atoms with van der Waals surface area (Å²) >= 11 is 5.71. The van der Waals surface area contributed by atoms with Gasteiger partial charge in [-0.1, -0.05) is 11.6 Å². The summed E-state index contributed by atoms with van der Waals surface area (Å²) in [6.07, 6.45) is 3.41. The average molecular weight is 283 g/mol.